The number of benzene rings is 1. The topological polar surface area (TPSA) is 38.5 Å². The summed E-state index contributed by atoms with van der Waals surface area (Å²) in [5.74, 6) is 0.872. The summed E-state index contributed by atoms with van der Waals surface area (Å²) < 4.78 is 6.28. The van der Waals surface area contributed by atoms with E-state index < -0.39 is 0 Å². The zero-order chi connectivity index (χ0) is 11.5. The highest BCUT2D eigenvalue weighted by Crippen LogP contribution is 2.30. The number of anilines is 1. The normalized spacial score (nSPS) is 20.9. The van der Waals surface area contributed by atoms with Gasteiger partial charge in [-0.2, -0.15) is 0 Å². The average molecular weight is 285 g/mol. The molecule has 16 heavy (non-hydrogen) atoms. The van der Waals surface area contributed by atoms with E-state index in [0.717, 1.165) is 29.7 Å². The van der Waals surface area contributed by atoms with Gasteiger partial charge in [-0.1, -0.05) is 0 Å². The number of halogens is 1. The molecule has 0 aliphatic carbocycles. The van der Waals surface area contributed by atoms with Gasteiger partial charge in [-0.25, -0.2) is 0 Å². The predicted molar refractivity (Wildman–Crippen MR) is 70.1 cm³/mol. The van der Waals surface area contributed by atoms with Crippen molar-refractivity contribution in [2.24, 2.45) is 5.73 Å². The summed E-state index contributed by atoms with van der Waals surface area (Å²) in [6.07, 6.45) is 2.30. The molecule has 1 aliphatic rings. The standard InChI is InChI=1S/C12H17BrN2O/c1-16-12-7-10(4-5-11(12)13)15-6-2-3-9(14)8-15/h4-5,7,9H,2-3,6,8,14H2,1H3. The Morgan fingerprint density at radius 2 is 2.31 bits per heavy atom. The fourth-order valence-corrected chi connectivity index (χ4v) is 2.50. The van der Waals surface area contributed by atoms with E-state index in [-0.39, 0.29) is 0 Å². The van der Waals surface area contributed by atoms with Crippen molar-refractivity contribution in [2.75, 3.05) is 25.1 Å². The number of ether oxygens (including phenoxy) is 1. The molecule has 4 heteroatoms. The Kier molecular flexibility index (Phi) is 3.71. The molecule has 1 saturated heterocycles. The molecule has 0 bridgehead atoms. The molecule has 3 nitrogen and oxygen atoms in total. The zero-order valence-corrected chi connectivity index (χ0v) is 11.0. The van der Waals surface area contributed by atoms with Crippen molar-refractivity contribution in [1.29, 1.82) is 0 Å². The molecular formula is C12H17BrN2O. The molecule has 1 heterocycles. The highest BCUT2D eigenvalue weighted by molar-refractivity contribution is 9.10. The lowest BCUT2D eigenvalue weighted by molar-refractivity contribution is 0.411. The fraction of sp³-hybridized carbons (Fsp3) is 0.500. The SMILES string of the molecule is COc1cc(N2CCCC(N)C2)ccc1Br. The molecule has 1 aromatic rings. The Hall–Kier alpha value is -0.740. The predicted octanol–water partition coefficient (Wildman–Crippen LogP) is 2.39. The number of piperidine rings is 1. The number of hydrogen-bond donors (Lipinski definition) is 1. The van der Waals surface area contributed by atoms with Crippen molar-refractivity contribution >= 4 is 21.6 Å². The van der Waals surface area contributed by atoms with Gasteiger partial charge in [-0.05, 0) is 40.9 Å². The number of nitrogens with zero attached hydrogens (tertiary/aromatic N) is 1. The van der Waals surface area contributed by atoms with Gasteiger partial charge < -0.3 is 15.4 Å². The summed E-state index contributed by atoms with van der Waals surface area (Å²) in [7, 11) is 1.69. The van der Waals surface area contributed by atoms with Crippen molar-refractivity contribution < 1.29 is 4.74 Å². The van der Waals surface area contributed by atoms with Crippen molar-refractivity contribution in [3.05, 3.63) is 22.7 Å². The molecule has 0 aromatic heterocycles. The van der Waals surface area contributed by atoms with Crippen molar-refractivity contribution in [3.63, 3.8) is 0 Å². The summed E-state index contributed by atoms with van der Waals surface area (Å²) >= 11 is 3.46. The van der Waals surface area contributed by atoms with E-state index in [1.54, 1.807) is 7.11 Å². The molecule has 1 fully saturated rings. The molecule has 0 radical (unpaired) electrons. The van der Waals surface area contributed by atoms with Crippen LogP contribution in [0.3, 0.4) is 0 Å². The maximum atomic E-state index is 5.98. The van der Waals surface area contributed by atoms with E-state index in [0.29, 0.717) is 6.04 Å². The highest BCUT2D eigenvalue weighted by atomic mass is 79.9. The van der Waals surface area contributed by atoms with Crippen LogP contribution in [0.1, 0.15) is 12.8 Å². The van der Waals surface area contributed by atoms with E-state index in [2.05, 4.69) is 33.0 Å². The second-order valence-corrected chi connectivity index (χ2v) is 5.02. The van der Waals surface area contributed by atoms with E-state index in [4.69, 9.17) is 10.5 Å². The first kappa shape index (κ1) is 11.7. The minimum Gasteiger partial charge on any atom is -0.495 e. The summed E-state index contributed by atoms with van der Waals surface area (Å²) in [6.45, 7) is 2.02. The lowest BCUT2D eigenvalue weighted by Gasteiger charge is -2.32. The third-order valence-electron chi connectivity index (χ3n) is 2.96. The van der Waals surface area contributed by atoms with Gasteiger partial charge in [-0.15, -0.1) is 0 Å². The second kappa shape index (κ2) is 5.06. The smallest absolute Gasteiger partial charge is 0.135 e. The maximum absolute atomic E-state index is 5.98. The quantitative estimate of drug-likeness (QED) is 0.906. The minimum absolute atomic E-state index is 0.295. The fourth-order valence-electron chi connectivity index (χ4n) is 2.09. The third kappa shape index (κ3) is 2.50. The van der Waals surface area contributed by atoms with Gasteiger partial charge in [0.25, 0.3) is 0 Å². The summed E-state index contributed by atoms with van der Waals surface area (Å²) in [4.78, 5) is 2.32. The van der Waals surface area contributed by atoms with E-state index in [9.17, 15) is 0 Å². The van der Waals surface area contributed by atoms with Crippen LogP contribution in [-0.4, -0.2) is 26.2 Å². The van der Waals surface area contributed by atoms with Gasteiger partial charge in [0.1, 0.15) is 5.75 Å². The van der Waals surface area contributed by atoms with E-state index in [1.807, 2.05) is 6.07 Å². The second-order valence-electron chi connectivity index (χ2n) is 4.17. The summed E-state index contributed by atoms with van der Waals surface area (Å²) in [5.41, 5.74) is 7.17. The molecule has 2 rings (SSSR count). The van der Waals surface area contributed by atoms with Crippen LogP contribution in [0, 0.1) is 0 Å². The van der Waals surface area contributed by atoms with E-state index in [1.165, 1.54) is 12.1 Å². The maximum Gasteiger partial charge on any atom is 0.135 e. The first-order valence-corrected chi connectivity index (χ1v) is 6.34. The Morgan fingerprint density at radius 1 is 1.50 bits per heavy atom. The molecule has 1 atom stereocenters. The third-order valence-corrected chi connectivity index (χ3v) is 3.61. The van der Waals surface area contributed by atoms with Crippen molar-refractivity contribution in [1.82, 2.24) is 0 Å². The van der Waals surface area contributed by atoms with Gasteiger partial charge in [0.15, 0.2) is 0 Å². The molecule has 0 spiro atoms. The summed E-state index contributed by atoms with van der Waals surface area (Å²) in [6, 6.07) is 6.48. The number of hydrogen-bond acceptors (Lipinski definition) is 3. The molecular weight excluding hydrogens is 268 g/mol. The Bertz CT molecular complexity index is 370. The average Bonchev–Trinajstić information content (AvgIpc) is 2.29. The number of rotatable bonds is 2. The van der Waals surface area contributed by atoms with Crippen LogP contribution in [0.2, 0.25) is 0 Å². The van der Waals surface area contributed by atoms with Crippen LogP contribution in [0.15, 0.2) is 22.7 Å². The van der Waals surface area contributed by atoms with Crippen molar-refractivity contribution in [2.45, 2.75) is 18.9 Å². The lowest BCUT2D eigenvalue weighted by Crippen LogP contribution is -2.42. The van der Waals surface area contributed by atoms with Crippen LogP contribution in [-0.2, 0) is 0 Å². The molecule has 88 valence electrons. The van der Waals surface area contributed by atoms with Crippen LogP contribution in [0.25, 0.3) is 0 Å². The van der Waals surface area contributed by atoms with Crippen LogP contribution >= 0.6 is 15.9 Å². The monoisotopic (exact) mass is 284 g/mol. The first-order valence-electron chi connectivity index (χ1n) is 5.55. The largest absolute Gasteiger partial charge is 0.495 e. The van der Waals surface area contributed by atoms with Gasteiger partial charge in [0, 0.05) is 30.9 Å². The Balaban J connectivity index is 2.19. The zero-order valence-electron chi connectivity index (χ0n) is 9.45. The van der Waals surface area contributed by atoms with Crippen LogP contribution in [0.5, 0.6) is 5.75 Å². The van der Waals surface area contributed by atoms with Crippen LogP contribution < -0.4 is 15.4 Å². The highest BCUT2D eigenvalue weighted by Gasteiger charge is 2.17. The molecule has 0 amide bonds. The molecule has 1 unspecified atom stereocenters. The molecule has 1 aromatic carbocycles. The van der Waals surface area contributed by atoms with Crippen LogP contribution in [0.4, 0.5) is 5.69 Å². The molecule has 0 saturated carbocycles. The lowest BCUT2D eigenvalue weighted by atomic mass is 10.1. The summed E-state index contributed by atoms with van der Waals surface area (Å²) in [5, 5.41) is 0. The van der Waals surface area contributed by atoms with Gasteiger partial charge in [-0.3, -0.25) is 0 Å². The Labute approximate surface area is 105 Å². The van der Waals surface area contributed by atoms with E-state index >= 15 is 0 Å². The number of methoxy groups -OCH3 is 1. The minimum atomic E-state index is 0.295. The Morgan fingerprint density at radius 3 is 3.00 bits per heavy atom. The van der Waals surface area contributed by atoms with Gasteiger partial charge in [0.05, 0.1) is 11.6 Å². The first-order chi connectivity index (χ1) is 7.70. The van der Waals surface area contributed by atoms with Gasteiger partial charge in [0.2, 0.25) is 0 Å². The molecule has 2 N–H and O–H groups in total. The molecule has 1 aliphatic heterocycles. The van der Waals surface area contributed by atoms with Crippen molar-refractivity contribution in [3.8, 4) is 5.75 Å². The number of nitrogens with two attached hydrogens (primary N) is 1. The van der Waals surface area contributed by atoms with Gasteiger partial charge >= 0.3 is 0 Å².